The molecule has 1 heterocycles. The number of esters is 1. The fraction of sp³-hybridized carbons (Fsp3) is 0.211. The molecule has 2 aromatic carbocycles. The average Bonchev–Trinajstić information content (AvgIpc) is 2.98. The van der Waals surface area contributed by atoms with Gasteiger partial charge in [-0.25, -0.2) is 9.78 Å². The minimum absolute atomic E-state index is 0.115. The summed E-state index contributed by atoms with van der Waals surface area (Å²) in [6.07, 6.45) is 0.296. The second-order valence-corrected chi connectivity index (χ2v) is 6.87. The summed E-state index contributed by atoms with van der Waals surface area (Å²) in [6, 6.07) is 11.1. The van der Waals surface area contributed by atoms with Gasteiger partial charge < -0.3 is 10.1 Å². The summed E-state index contributed by atoms with van der Waals surface area (Å²) in [5.74, 6) is -0.508. The van der Waals surface area contributed by atoms with Crippen LogP contribution in [-0.4, -0.2) is 24.0 Å². The van der Waals surface area contributed by atoms with Crippen LogP contribution in [0.4, 0.5) is 5.13 Å². The molecule has 1 aromatic heterocycles. The number of benzene rings is 2. The van der Waals surface area contributed by atoms with Gasteiger partial charge in [0, 0.05) is 0 Å². The minimum atomic E-state index is -0.393. The number of hydrogen-bond donors (Lipinski definition) is 1. The van der Waals surface area contributed by atoms with Gasteiger partial charge in [-0.1, -0.05) is 29.5 Å². The van der Waals surface area contributed by atoms with Crippen LogP contribution in [0.5, 0.6) is 0 Å². The third kappa shape index (κ3) is 3.85. The fourth-order valence-electron chi connectivity index (χ4n) is 2.49. The lowest BCUT2D eigenvalue weighted by molar-refractivity contribution is -0.115. The Kier molecular flexibility index (Phi) is 4.81. The van der Waals surface area contributed by atoms with E-state index in [0.29, 0.717) is 17.1 Å². The molecule has 25 heavy (non-hydrogen) atoms. The van der Waals surface area contributed by atoms with E-state index in [4.69, 9.17) is 4.74 Å². The third-order valence-corrected chi connectivity index (χ3v) is 4.93. The van der Waals surface area contributed by atoms with Crippen molar-refractivity contribution in [3.05, 3.63) is 58.7 Å². The molecule has 0 aliphatic heterocycles. The molecule has 0 radical (unpaired) electrons. The molecule has 1 amide bonds. The molecule has 0 aliphatic carbocycles. The van der Waals surface area contributed by atoms with E-state index < -0.39 is 5.97 Å². The van der Waals surface area contributed by atoms with Crippen LogP contribution in [0, 0.1) is 13.8 Å². The van der Waals surface area contributed by atoms with Crippen LogP contribution in [0.25, 0.3) is 10.2 Å². The highest BCUT2D eigenvalue weighted by atomic mass is 32.1. The molecule has 3 rings (SSSR count). The highest BCUT2D eigenvalue weighted by Crippen LogP contribution is 2.27. The number of hydrogen-bond acceptors (Lipinski definition) is 5. The van der Waals surface area contributed by atoms with Crippen molar-refractivity contribution in [3.8, 4) is 0 Å². The Balaban J connectivity index is 1.74. The first-order valence-electron chi connectivity index (χ1n) is 7.81. The van der Waals surface area contributed by atoms with Crippen molar-refractivity contribution < 1.29 is 14.3 Å². The predicted octanol–water partition coefficient (Wildman–Crippen LogP) is 3.88. The second kappa shape index (κ2) is 7.03. The number of nitrogens with one attached hydrogen (secondary N) is 1. The maximum atomic E-state index is 12.3. The van der Waals surface area contributed by atoms with E-state index >= 15 is 0 Å². The van der Waals surface area contributed by atoms with Crippen molar-refractivity contribution in [1.82, 2.24) is 4.98 Å². The van der Waals surface area contributed by atoms with Gasteiger partial charge >= 0.3 is 5.97 Å². The Bertz CT molecular complexity index is 962. The van der Waals surface area contributed by atoms with E-state index in [1.54, 1.807) is 18.2 Å². The predicted molar refractivity (Wildman–Crippen MR) is 99.2 cm³/mol. The number of fused-ring (bicyclic) bond motifs is 1. The first kappa shape index (κ1) is 17.1. The summed E-state index contributed by atoms with van der Waals surface area (Å²) >= 11 is 1.33. The lowest BCUT2D eigenvalue weighted by Gasteiger charge is -2.05. The summed E-state index contributed by atoms with van der Waals surface area (Å²) in [7, 11) is 1.34. The number of carbonyl (C=O) groups is 2. The Morgan fingerprint density at radius 3 is 2.64 bits per heavy atom. The number of methoxy groups -OCH3 is 1. The number of carbonyl (C=O) groups excluding carboxylic acids is 2. The molecular formula is C19H18N2O3S. The Labute approximate surface area is 149 Å². The molecule has 0 atom stereocenters. The van der Waals surface area contributed by atoms with Crippen LogP contribution in [0.2, 0.25) is 0 Å². The molecule has 0 unspecified atom stereocenters. The Morgan fingerprint density at radius 2 is 1.92 bits per heavy atom. The van der Waals surface area contributed by atoms with E-state index in [1.807, 2.05) is 32.0 Å². The summed E-state index contributed by atoms with van der Waals surface area (Å²) in [5, 5.41) is 3.35. The molecule has 3 aromatic rings. The van der Waals surface area contributed by atoms with Crippen LogP contribution in [0.3, 0.4) is 0 Å². The molecular weight excluding hydrogens is 336 g/mol. The molecule has 0 spiro atoms. The van der Waals surface area contributed by atoms with E-state index in [9.17, 15) is 9.59 Å². The van der Waals surface area contributed by atoms with Gasteiger partial charge in [-0.2, -0.15) is 0 Å². The first-order valence-corrected chi connectivity index (χ1v) is 8.63. The lowest BCUT2D eigenvalue weighted by Crippen LogP contribution is -2.14. The van der Waals surface area contributed by atoms with Crippen molar-refractivity contribution in [2.75, 3.05) is 12.4 Å². The van der Waals surface area contributed by atoms with Crippen molar-refractivity contribution in [2.45, 2.75) is 20.3 Å². The van der Waals surface area contributed by atoms with Crippen LogP contribution < -0.4 is 5.32 Å². The zero-order valence-corrected chi connectivity index (χ0v) is 15.1. The van der Waals surface area contributed by atoms with Crippen molar-refractivity contribution >= 4 is 38.6 Å². The first-order chi connectivity index (χ1) is 12.0. The normalized spacial score (nSPS) is 10.7. The van der Waals surface area contributed by atoms with Gasteiger partial charge in [-0.15, -0.1) is 0 Å². The van der Waals surface area contributed by atoms with E-state index in [1.165, 1.54) is 29.6 Å². The minimum Gasteiger partial charge on any atom is -0.465 e. The number of ether oxygens (including phenoxy) is 1. The highest BCUT2D eigenvalue weighted by molar-refractivity contribution is 7.22. The van der Waals surface area contributed by atoms with Gasteiger partial charge in [0.2, 0.25) is 5.91 Å². The Morgan fingerprint density at radius 1 is 1.12 bits per heavy atom. The van der Waals surface area contributed by atoms with E-state index in [0.717, 1.165) is 15.8 Å². The number of aromatic nitrogens is 1. The molecule has 1 N–H and O–H groups in total. The number of aryl methyl sites for hydroxylation is 2. The largest absolute Gasteiger partial charge is 0.465 e. The summed E-state index contributed by atoms with van der Waals surface area (Å²) in [5.41, 5.74) is 4.54. The smallest absolute Gasteiger partial charge is 0.337 e. The number of nitrogens with zero attached hydrogens (tertiary/aromatic N) is 1. The van der Waals surface area contributed by atoms with Crippen molar-refractivity contribution in [3.63, 3.8) is 0 Å². The molecule has 0 fully saturated rings. The number of amides is 1. The summed E-state index contributed by atoms with van der Waals surface area (Å²) in [4.78, 5) is 28.2. The maximum Gasteiger partial charge on any atom is 0.337 e. The molecule has 6 heteroatoms. The van der Waals surface area contributed by atoms with Gasteiger partial charge in [-0.3, -0.25) is 4.79 Å². The molecule has 0 aliphatic rings. The average molecular weight is 354 g/mol. The monoisotopic (exact) mass is 354 g/mol. The molecule has 128 valence electrons. The zero-order chi connectivity index (χ0) is 18.0. The van der Waals surface area contributed by atoms with Crippen molar-refractivity contribution in [1.29, 1.82) is 0 Å². The second-order valence-electron chi connectivity index (χ2n) is 5.84. The Hall–Kier alpha value is -2.73. The number of thiazole rings is 1. The number of anilines is 1. The van der Waals surface area contributed by atoms with Gasteiger partial charge in [-0.05, 0) is 48.7 Å². The standard InChI is InChI=1S/C19H18N2O3S/c1-11-4-5-13(8-12(11)2)9-17(22)21-19-20-15-7-6-14(18(23)24-3)10-16(15)25-19/h4-8,10H,9H2,1-3H3,(H,20,21,22). The number of rotatable bonds is 4. The van der Waals surface area contributed by atoms with Crippen LogP contribution in [0.15, 0.2) is 36.4 Å². The van der Waals surface area contributed by atoms with Gasteiger partial charge in [0.15, 0.2) is 5.13 Å². The molecule has 0 saturated carbocycles. The van der Waals surface area contributed by atoms with E-state index in [2.05, 4.69) is 10.3 Å². The summed E-state index contributed by atoms with van der Waals surface area (Å²) in [6.45, 7) is 4.08. The maximum absolute atomic E-state index is 12.3. The third-order valence-electron chi connectivity index (χ3n) is 3.99. The van der Waals surface area contributed by atoms with Crippen LogP contribution >= 0.6 is 11.3 Å². The zero-order valence-electron chi connectivity index (χ0n) is 14.3. The fourth-order valence-corrected chi connectivity index (χ4v) is 3.41. The van der Waals surface area contributed by atoms with Gasteiger partial charge in [0.1, 0.15) is 0 Å². The molecule has 5 nitrogen and oxygen atoms in total. The SMILES string of the molecule is COC(=O)c1ccc2nc(NC(=O)Cc3ccc(C)c(C)c3)sc2c1. The van der Waals surface area contributed by atoms with Gasteiger partial charge in [0.05, 0.1) is 29.3 Å². The lowest BCUT2D eigenvalue weighted by atomic mass is 10.0. The van der Waals surface area contributed by atoms with Crippen LogP contribution in [-0.2, 0) is 16.0 Å². The van der Waals surface area contributed by atoms with Crippen molar-refractivity contribution in [2.24, 2.45) is 0 Å². The van der Waals surface area contributed by atoms with Crippen LogP contribution in [0.1, 0.15) is 27.0 Å². The quantitative estimate of drug-likeness (QED) is 0.722. The molecule has 0 saturated heterocycles. The topological polar surface area (TPSA) is 68.3 Å². The van der Waals surface area contributed by atoms with Gasteiger partial charge in [0.25, 0.3) is 0 Å². The highest BCUT2D eigenvalue weighted by Gasteiger charge is 2.12. The molecule has 0 bridgehead atoms. The summed E-state index contributed by atoms with van der Waals surface area (Å²) < 4.78 is 5.54. The van der Waals surface area contributed by atoms with E-state index in [-0.39, 0.29) is 5.91 Å².